The summed E-state index contributed by atoms with van der Waals surface area (Å²) in [5.74, 6) is 0.112. The van der Waals surface area contributed by atoms with Crippen LogP contribution in [0.15, 0.2) is 66.9 Å². The number of amides is 1. The van der Waals surface area contributed by atoms with E-state index in [4.69, 9.17) is 9.47 Å². The Balaban J connectivity index is 1.24. The molecule has 1 saturated heterocycles. The van der Waals surface area contributed by atoms with Crippen molar-refractivity contribution >= 4 is 11.9 Å². The number of hydrogen-bond acceptors (Lipinski definition) is 6. The molecule has 2 heterocycles. The van der Waals surface area contributed by atoms with Gasteiger partial charge in [-0.1, -0.05) is 43.3 Å². The fraction of sp³-hybridized carbons (Fsp3) is 0.361. The highest BCUT2D eigenvalue weighted by molar-refractivity contribution is 5.90. The minimum absolute atomic E-state index is 0.00586. The quantitative estimate of drug-likeness (QED) is 0.241. The van der Waals surface area contributed by atoms with Crippen molar-refractivity contribution in [3.63, 3.8) is 0 Å². The number of benzene rings is 3. The summed E-state index contributed by atoms with van der Waals surface area (Å²) in [5, 5.41) is 23.5. The highest BCUT2D eigenvalue weighted by Gasteiger charge is 2.30. The zero-order valence-electron chi connectivity index (χ0n) is 25.9. The molecule has 45 heavy (non-hydrogen) atoms. The molecule has 0 radical (unpaired) electrons. The lowest BCUT2D eigenvalue weighted by Crippen LogP contribution is -2.42. The Hall–Kier alpha value is -4.63. The first-order chi connectivity index (χ1) is 21.8. The van der Waals surface area contributed by atoms with Crippen molar-refractivity contribution in [2.45, 2.75) is 64.1 Å². The van der Waals surface area contributed by atoms with E-state index in [0.29, 0.717) is 24.7 Å². The summed E-state index contributed by atoms with van der Waals surface area (Å²) in [6.07, 6.45) is 4.68. The van der Waals surface area contributed by atoms with Gasteiger partial charge in [-0.05, 0) is 97.0 Å². The number of likely N-dealkylation sites (tertiary alicyclic amines) is 1. The number of rotatable bonds is 9. The van der Waals surface area contributed by atoms with Crippen molar-refractivity contribution in [3.8, 4) is 28.4 Å². The molecule has 0 spiro atoms. The van der Waals surface area contributed by atoms with E-state index in [9.17, 15) is 19.8 Å². The molecule has 1 aliphatic carbocycles. The SMILES string of the molecule is CCc1cc(O[C@H]2CCc3cccc(-c4cccc(-n5ncc(C(=O)O)c5OC)c4)c32)ccc1C1CCN(C(=O)C(C)O)CC1. The van der Waals surface area contributed by atoms with E-state index in [2.05, 4.69) is 48.4 Å². The van der Waals surface area contributed by atoms with E-state index in [1.54, 1.807) is 4.90 Å². The average Bonchev–Trinajstić information content (AvgIpc) is 3.69. The van der Waals surface area contributed by atoms with Gasteiger partial charge in [0.05, 0.1) is 19.0 Å². The van der Waals surface area contributed by atoms with E-state index in [1.807, 2.05) is 24.3 Å². The van der Waals surface area contributed by atoms with Crippen LogP contribution in [0, 0.1) is 0 Å². The molecule has 1 aromatic heterocycles. The molecular formula is C36H39N3O6. The number of carbonyl (C=O) groups is 2. The number of carboxylic acids is 1. The number of carbonyl (C=O) groups excluding carboxylic acids is 1. The summed E-state index contributed by atoms with van der Waals surface area (Å²) in [6.45, 7) is 5.01. The van der Waals surface area contributed by atoms with Gasteiger partial charge in [0.25, 0.3) is 5.91 Å². The van der Waals surface area contributed by atoms with Gasteiger partial charge in [0.2, 0.25) is 5.88 Å². The number of piperidine rings is 1. The maximum absolute atomic E-state index is 12.2. The molecule has 1 amide bonds. The van der Waals surface area contributed by atoms with E-state index in [1.165, 1.54) is 47.2 Å². The van der Waals surface area contributed by atoms with Gasteiger partial charge in [-0.15, -0.1) is 0 Å². The summed E-state index contributed by atoms with van der Waals surface area (Å²) in [6, 6.07) is 20.7. The van der Waals surface area contributed by atoms with Gasteiger partial charge >= 0.3 is 5.97 Å². The van der Waals surface area contributed by atoms with Crippen LogP contribution in [0.5, 0.6) is 11.6 Å². The zero-order chi connectivity index (χ0) is 31.7. The van der Waals surface area contributed by atoms with Gasteiger partial charge in [-0.25, -0.2) is 9.48 Å². The fourth-order valence-corrected chi connectivity index (χ4v) is 6.88. The molecule has 9 heteroatoms. The maximum atomic E-state index is 12.2. The van der Waals surface area contributed by atoms with Crippen LogP contribution in [0.25, 0.3) is 16.8 Å². The molecule has 9 nitrogen and oxygen atoms in total. The van der Waals surface area contributed by atoms with Crippen molar-refractivity contribution in [2.75, 3.05) is 20.2 Å². The summed E-state index contributed by atoms with van der Waals surface area (Å²) < 4.78 is 13.6. The number of aliphatic hydroxyl groups excluding tert-OH is 1. The van der Waals surface area contributed by atoms with Crippen LogP contribution in [-0.2, 0) is 17.6 Å². The van der Waals surface area contributed by atoms with Crippen LogP contribution in [0.2, 0.25) is 0 Å². The van der Waals surface area contributed by atoms with Gasteiger partial charge in [-0.3, -0.25) is 4.79 Å². The predicted molar refractivity (Wildman–Crippen MR) is 170 cm³/mol. The van der Waals surface area contributed by atoms with Crippen LogP contribution in [0.3, 0.4) is 0 Å². The lowest BCUT2D eigenvalue weighted by molar-refractivity contribution is -0.140. The second kappa shape index (κ2) is 12.8. The molecule has 6 rings (SSSR count). The first kappa shape index (κ1) is 30.4. The van der Waals surface area contributed by atoms with E-state index in [0.717, 1.165) is 49.0 Å². The number of hydrogen-bond donors (Lipinski definition) is 2. The molecule has 234 valence electrons. The smallest absolute Gasteiger partial charge is 0.342 e. The highest BCUT2D eigenvalue weighted by atomic mass is 16.5. The molecule has 1 unspecified atom stereocenters. The molecule has 1 fully saturated rings. The fourth-order valence-electron chi connectivity index (χ4n) is 6.88. The van der Waals surface area contributed by atoms with E-state index < -0.39 is 12.1 Å². The molecule has 4 aromatic rings. The topological polar surface area (TPSA) is 114 Å². The Morgan fingerprint density at radius 1 is 1.04 bits per heavy atom. The van der Waals surface area contributed by atoms with Gasteiger partial charge in [0.1, 0.15) is 23.5 Å². The van der Waals surface area contributed by atoms with Crippen molar-refractivity contribution in [3.05, 3.63) is 94.7 Å². The van der Waals surface area contributed by atoms with Crippen molar-refractivity contribution in [2.24, 2.45) is 0 Å². The second-order valence-electron chi connectivity index (χ2n) is 11.8. The standard InChI is InChI=1S/C36H39N3O6/c1-4-23-20-28(12-13-29(23)24-15-17-38(18-16-24)34(41)22(2)40)45-32-14-11-25-7-6-10-30(33(25)32)26-8-5-9-27(19-26)39-35(44-3)31(21-37-39)36(42)43/h5-10,12-13,19-22,24,32,40H,4,11,14-18H2,1-3H3,(H,42,43)/t22?,32-/m0/s1. The molecule has 2 aliphatic rings. The monoisotopic (exact) mass is 609 g/mol. The second-order valence-corrected chi connectivity index (χ2v) is 11.8. The van der Waals surface area contributed by atoms with Crippen LogP contribution < -0.4 is 9.47 Å². The third-order valence-electron chi connectivity index (χ3n) is 9.12. The largest absolute Gasteiger partial charge is 0.486 e. The van der Waals surface area contributed by atoms with Crippen molar-refractivity contribution < 1.29 is 29.3 Å². The summed E-state index contributed by atoms with van der Waals surface area (Å²) >= 11 is 0. The number of aliphatic hydroxyl groups is 1. The van der Waals surface area contributed by atoms with E-state index >= 15 is 0 Å². The molecule has 2 atom stereocenters. The third-order valence-corrected chi connectivity index (χ3v) is 9.12. The molecule has 1 aliphatic heterocycles. The Bertz CT molecular complexity index is 1720. The zero-order valence-corrected chi connectivity index (χ0v) is 25.9. The van der Waals surface area contributed by atoms with E-state index in [-0.39, 0.29) is 23.5 Å². The highest BCUT2D eigenvalue weighted by Crippen LogP contribution is 2.42. The van der Waals surface area contributed by atoms with Crippen molar-refractivity contribution in [1.29, 1.82) is 0 Å². The van der Waals surface area contributed by atoms with Crippen LogP contribution in [0.1, 0.15) is 77.7 Å². The first-order valence-corrected chi connectivity index (χ1v) is 15.6. The first-order valence-electron chi connectivity index (χ1n) is 15.6. The number of carboxylic acid groups (broad SMARTS) is 1. The maximum Gasteiger partial charge on any atom is 0.342 e. The number of aromatic carboxylic acids is 1. The Morgan fingerprint density at radius 2 is 1.82 bits per heavy atom. The summed E-state index contributed by atoms with van der Waals surface area (Å²) in [5.41, 5.74) is 7.79. The van der Waals surface area contributed by atoms with Crippen LogP contribution in [-0.4, -0.2) is 63.1 Å². The number of methoxy groups -OCH3 is 1. The van der Waals surface area contributed by atoms with Crippen LogP contribution >= 0.6 is 0 Å². The van der Waals surface area contributed by atoms with Gasteiger partial charge in [0.15, 0.2) is 0 Å². The van der Waals surface area contributed by atoms with Gasteiger partial charge < -0.3 is 24.6 Å². The Labute approximate surface area is 263 Å². The van der Waals surface area contributed by atoms with Crippen LogP contribution in [0.4, 0.5) is 0 Å². The summed E-state index contributed by atoms with van der Waals surface area (Å²) in [7, 11) is 1.44. The molecule has 3 aromatic carbocycles. The lowest BCUT2D eigenvalue weighted by Gasteiger charge is -2.33. The van der Waals surface area contributed by atoms with Crippen molar-refractivity contribution in [1.82, 2.24) is 14.7 Å². The minimum Gasteiger partial charge on any atom is -0.486 e. The normalized spacial score (nSPS) is 17.2. The van der Waals surface area contributed by atoms with Gasteiger partial charge in [0, 0.05) is 18.7 Å². The Kier molecular flexibility index (Phi) is 8.63. The number of ether oxygens (including phenoxy) is 2. The lowest BCUT2D eigenvalue weighted by atomic mass is 9.85. The average molecular weight is 610 g/mol. The minimum atomic E-state index is -1.09. The molecular weight excluding hydrogens is 570 g/mol. The molecule has 2 N–H and O–H groups in total. The third kappa shape index (κ3) is 5.92. The summed E-state index contributed by atoms with van der Waals surface area (Å²) in [4.78, 5) is 25.7. The molecule has 0 saturated carbocycles. The number of nitrogens with zero attached hydrogens (tertiary/aromatic N) is 3. The van der Waals surface area contributed by atoms with Gasteiger partial charge in [-0.2, -0.15) is 5.10 Å². The number of aromatic nitrogens is 2. The molecule has 0 bridgehead atoms. The predicted octanol–water partition coefficient (Wildman–Crippen LogP) is 5.96. The Morgan fingerprint density at radius 3 is 2.53 bits per heavy atom. The number of aryl methyl sites for hydroxylation is 2. The number of fused-ring (bicyclic) bond motifs is 1.